The molecule has 0 fully saturated rings. The van der Waals surface area contributed by atoms with Crippen molar-refractivity contribution in [1.29, 1.82) is 0 Å². The van der Waals surface area contributed by atoms with Crippen LogP contribution in [0.4, 0.5) is 0 Å². The van der Waals surface area contributed by atoms with Crippen LogP contribution in [-0.2, 0) is 16.0 Å². The summed E-state index contributed by atoms with van der Waals surface area (Å²) in [5.41, 5.74) is 1.14. The average Bonchev–Trinajstić information content (AvgIpc) is 2.51. The van der Waals surface area contributed by atoms with E-state index in [1.165, 1.54) is 6.92 Å². The average molecular weight is 304 g/mol. The number of carbonyl (C=O) groups is 2. The highest BCUT2D eigenvalue weighted by atomic mass is 16.5. The molecule has 1 aromatic rings. The Hall–Kier alpha value is -2.30. The summed E-state index contributed by atoms with van der Waals surface area (Å²) in [4.78, 5) is 24.7. The Labute approximate surface area is 132 Å². The maximum absolute atomic E-state index is 11.8. The Kier molecular flexibility index (Phi) is 7.75. The first kappa shape index (κ1) is 17.8. The minimum atomic E-state index is -0.0520. The highest BCUT2D eigenvalue weighted by molar-refractivity contribution is 5.78. The molecule has 2 amide bonds. The first-order valence-electron chi connectivity index (χ1n) is 7.33. The van der Waals surface area contributed by atoms with Crippen molar-refractivity contribution >= 4 is 11.8 Å². The molecule has 0 aliphatic carbocycles. The number of amides is 2. The minimum absolute atomic E-state index is 0.0501. The van der Waals surface area contributed by atoms with E-state index in [-0.39, 0.29) is 11.8 Å². The molecule has 5 nitrogen and oxygen atoms in total. The van der Waals surface area contributed by atoms with Crippen LogP contribution in [0.15, 0.2) is 36.9 Å². The lowest BCUT2D eigenvalue weighted by molar-refractivity contribution is -0.129. The SMILES string of the molecule is C=CCN(CCC(=O)NCCc1ccc(OC)cc1)C(C)=O. The lowest BCUT2D eigenvalue weighted by atomic mass is 10.1. The quantitative estimate of drug-likeness (QED) is 0.708. The number of nitrogens with zero attached hydrogens (tertiary/aromatic N) is 1. The first-order valence-corrected chi connectivity index (χ1v) is 7.33. The molecule has 0 bridgehead atoms. The lowest BCUT2D eigenvalue weighted by Gasteiger charge is -2.18. The van der Waals surface area contributed by atoms with E-state index in [1.807, 2.05) is 24.3 Å². The molecule has 120 valence electrons. The Morgan fingerprint density at radius 1 is 1.32 bits per heavy atom. The molecule has 1 aromatic carbocycles. The van der Waals surface area contributed by atoms with Gasteiger partial charge < -0.3 is 15.0 Å². The number of rotatable bonds is 9. The van der Waals surface area contributed by atoms with Gasteiger partial charge in [0.25, 0.3) is 0 Å². The molecule has 0 saturated carbocycles. The van der Waals surface area contributed by atoms with Crippen LogP contribution in [0.2, 0.25) is 0 Å². The lowest BCUT2D eigenvalue weighted by Crippen LogP contribution is -2.34. The molecule has 0 radical (unpaired) electrons. The van der Waals surface area contributed by atoms with Crippen LogP contribution in [0.1, 0.15) is 18.9 Å². The fourth-order valence-electron chi connectivity index (χ4n) is 2.00. The van der Waals surface area contributed by atoms with Crippen molar-refractivity contribution in [3.05, 3.63) is 42.5 Å². The minimum Gasteiger partial charge on any atom is -0.497 e. The molecule has 1 N–H and O–H groups in total. The molecule has 0 aromatic heterocycles. The number of methoxy groups -OCH3 is 1. The predicted octanol–water partition coefficient (Wildman–Crippen LogP) is 1.78. The Bertz CT molecular complexity index is 497. The van der Waals surface area contributed by atoms with E-state index in [1.54, 1.807) is 18.1 Å². The van der Waals surface area contributed by atoms with Gasteiger partial charge in [-0.3, -0.25) is 9.59 Å². The summed E-state index contributed by atoms with van der Waals surface area (Å²) in [5, 5.41) is 2.86. The summed E-state index contributed by atoms with van der Waals surface area (Å²) < 4.78 is 5.10. The second-order valence-electron chi connectivity index (χ2n) is 4.95. The molecule has 0 atom stereocenters. The second-order valence-corrected chi connectivity index (χ2v) is 4.95. The summed E-state index contributed by atoms with van der Waals surface area (Å²) >= 11 is 0. The van der Waals surface area contributed by atoms with Gasteiger partial charge in [-0.1, -0.05) is 18.2 Å². The highest BCUT2D eigenvalue weighted by Gasteiger charge is 2.09. The van der Waals surface area contributed by atoms with E-state index in [0.717, 1.165) is 17.7 Å². The monoisotopic (exact) mass is 304 g/mol. The van der Waals surface area contributed by atoms with E-state index in [9.17, 15) is 9.59 Å². The van der Waals surface area contributed by atoms with Crippen LogP contribution in [0.5, 0.6) is 5.75 Å². The fourth-order valence-corrected chi connectivity index (χ4v) is 2.00. The molecule has 0 saturated heterocycles. The van der Waals surface area contributed by atoms with Gasteiger partial charge in [-0.05, 0) is 24.1 Å². The number of hydrogen-bond donors (Lipinski definition) is 1. The van der Waals surface area contributed by atoms with Gasteiger partial charge in [0.1, 0.15) is 5.75 Å². The molecular weight excluding hydrogens is 280 g/mol. The predicted molar refractivity (Wildman–Crippen MR) is 86.8 cm³/mol. The van der Waals surface area contributed by atoms with Crippen LogP contribution in [0.3, 0.4) is 0 Å². The number of benzene rings is 1. The fraction of sp³-hybridized carbons (Fsp3) is 0.412. The van der Waals surface area contributed by atoms with Crippen LogP contribution < -0.4 is 10.1 Å². The second kappa shape index (κ2) is 9.60. The van der Waals surface area contributed by atoms with Crippen molar-refractivity contribution in [2.45, 2.75) is 19.8 Å². The molecule has 22 heavy (non-hydrogen) atoms. The van der Waals surface area contributed by atoms with Gasteiger partial charge in [-0.2, -0.15) is 0 Å². The zero-order valence-electron chi connectivity index (χ0n) is 13.3. The van der Waals surface area contributed by atoms with Crippen LogP contribution in [0.25, 0.3) is 0 Å². The van der Waals surface area contributed by atoms with E-state index in [0.29, 0.717) is 26.1 Å². The molecule has 0 spiro atoms. The molecule has 0 heterocycles. The maximum atomic E-state index is 11.8. The molecular formula is C17H24N2O3. The highest BCUT2D eigenvalue weighted by Crippen LogP contribution is 2.11. The summed E-state index contributed by atoms with van der Waals surface area (Å²) in [5.74, 6) is 0.717. The summed E-state index contributed by atoms with van der Waals surface area (Å²) in [6.07, 6.45) is 2.72. The van der Waals surface area contributed by atoms with Crippen molar-refractivity contribution in [1.82, 2.24) is 10.2 Å². The standard InChI is InChI=1S/C17H24N2O3/c1-4-12-19(14(2)20)13-10-17(21)18-11-9-15-5-7-16(22-3)8-6-15/h4-8H,1,9-13H2,2-3H3,(H,18,21). The zero-order valence-corrected chi connectivity index (χ0v) is 13.3. The van der Waals surface area contributed by atoms with Gasteiger partial charge in [0.05, 0.1) is 7.11 Å². The Morgan fingerprint density at radius 3 is 2.55 bits per heavy atom. The number of carbonyl (C=O) groups excluding carboxylic acids is 2. The van der Waals surface area contributed by atoms with Crippen LogP contribution in [0, 0.1) is 0 Å². The summed E-state index contributed by atoms with van der Waals surface area (Å²) in [6.45, 7) is 6.55. The molecule has 5 heteroatoms. The van der Waals surface area contributed by atoms with Gasteiger partial charge in [0.2, 0.25) is 11.8 Å². The van der Waals surface area contributed by atoms with Crippen molar-refractivity contribution in [3.8, 4) is 5.75 Å². The zero-order chi connectivity index (χ0) is 16.4. The third-order valence-electron chi connectivity index (χ3n) is 3.30. The van der Waals surface area contributed by atoms with Gasteiger partial charge in [-0.15, -0.1) is 6.58 Å². The van der Waals surface area contributed by atoms with Crippen molar-refractivity contribution in [2.24, 2.45) is 0 Å². The Balaban J connectivity index is 2.27. The van der Waals surface area contributed by atoms with Crippen molar-refractivity contribution in [3.63, 3.8) is 0 Å². The van der Waals surface area contributed by atoms with Gasteiger partial charge in [0, 0.05) is 33.0 Å². The third kappa shape index (κ3) is 6.43. The van der Waals surface area contributed by atoms with E-state index >= 15 is 0 Å². The third-order valence-corrected chi connectivity index (χ3v) is 3.30. The van der Waals surface area contributed by atoms with Crippen LogP contribution >= 0.6 is 0 Å². The smallest absolute Gasteiger partial charge is 0.221 e. The number of hydrogen-bond acceptors (Lipinski definition) is 3. The molecule has 0 unspecified atom stereocenters. The van der Waals surface area contributed by atoms with Gasteiger partial charge in [0.15, 0.2) is 0 Å². The van der Waals surface area contributed by atoms with Gasteiger partial charge >= 0.3 is 0 Å². The maximum Gasteiger partial charge on any atom is 0.221 e. The van der Waals surface area contributed by atoms with Crippen LogP contribution in [-0.4, -0.2) is 43.5 Å². The van der Waals surface area contributed by atoms with E-state index in [2.05, 4.69) is 11.9 Å². The molecule has 0 aliphatic heterocycles. The topological polar surface area (TPSA) is 58.6 Å². The molecule has 1 rings (SSSR count). The Morgan fingerprint density at radius 2 is 2.00 bits per heavy atom. The normalized spacial score (nSPS) is 9.91. The molecule has 0 aliphatic rings. The number of ether oxygens (including phenoxy) is 1. The van der Waals surface area contributed by atoms with E-state index < -0.39 is 0 Å². The largest absolute Gasteiger partial charge is 0.497 e. The summed E-state index contributed by atoms with van der Waals surface area (Å²) in [7, 11) is 1.63. The van der Waals surface area contributed by atoms with Crippen molar-refractivity contribution < 1.29 is 14.3 Å². The first-order chi connectivity index (χ1) is 10.6. The number of nitrogens with one attached hydrogen (secondary N) is 1. The van der Waals surface area contributed by atoms with E-state index in [4.69, 9.17) is 4.74 Å². The van der Waals surface area contributed by atoms with Gasteiger partial charge in [-0.25, -0.2) is 0 Å². The van der Waals surface area contributed by atoms with Crippen molar-refractivity contribution in [2.75, 3.05) is 26.7 Å². The summed E-state index contributed by atoms with van der Waals surface area (Å²) in [6, 6.07) is 7.76.